The number of nitro benzene ring substituents is 1. The molecule has 2 aromatic rings. The van der Waals surface area contributed by atoms with Gasteiger partial charge in [0.15, 0.2) is 0 Å². The van der Waals surface area contributed by atoms with E-state index in [4.69, 9.17) is 5.11 Å². The molecule has 0 saturated carbocycles. The van der Waals surface area contributed by atoms with Gasteiger partial charge < -0.3 is 10.0 Å². The topological polar surface area (TPSA) is 119 Å². The number of carbonyl (C=O) groups is 2. The average molecular weight is 372 g/mol. The summed E-state index contributed by atoms with van der Waals surface area (Å²) in [6.07, 6.45) is 2.63. The minimum atomic E-state index is -1.01. The Labute approximate surface area is 155 Å². The minimum Gasteiger partial charge on any atom is -0.478 e. The number of nitro groups is 1. The third-order valence-electron chi connectivity index (χ3n) is 5.10. The highest BCUT2D eigenvalue weighted by molar-refractivity contribution is 5.96. The van der Waals surface area contributed by atoms with E-state index in [2.05, 4.69) is 5.10 Å². The molecule has 1 aromatic carbocycles. The number of aromatic carboxylic acids is 1. The van der Waals surface area contributed by atoms with Crippen LogP contribution in [0.1, 0.15) is 50.9 Å². The summed E-state index contributed by atoms with van der Waals surface area (Å²) in [6, 6.07) is 4.53. The highest BCUT2D eigenvalue weighted by Crippen LogP contribution is 2.27. The van der Waals surface area contributed by atoms with Gasteiger partial charge in [-0.2, -0.15) is 5.10 Å². The molecule has 1 aromatic heterocycles. The van der Waals surface area contributed by atoms with Crippen molar-refractivity contribution in [1.29, 1.82) is 0 Å². The minimum absolute atomic E-state index is 0.0216. The van der Waals surface area contributed by atoms with Crippen LogP contribution in [-0.4, -0.2) is 49.7 Å². The molecule has 27 heavy (non-hydrogen) atoms. The van der Waals surface area contributed by atoms with Gasteiger partial charge in [0, 0.05) is 30.3 Å². The molecule has 0 atom stereocenters. The van der Waals surface area contributed by atoms with Gasteiger partial charge in [0.1, 0.15) is 5.56 Å². The summed E-state index contributed by atoms with van der Waals surface area (Å²) in [6.45, 7) is 4.26. The molecule has 1 aliphatic rings. The third kappa shape index (κ3) is 3.40. The van der Waals surface area contributed by atoms with Crippen LogP contribution in [0.5, 0.6) is 0 Å². The van der Waals surface area contributed by atoms with Crippen LogP contribution in [-0.2, 0) is 0 Å². The number of benzene rings is 1. The fourth-order valence-electron chi connectivity index (χ4n) is 3.54. The molecule has 1 saturated heterocycles. The molecular formula is C18H20N4O5. The van der Waals surface area contributed by atoms with Crippen LogP contribution in [0.25, 0.3) is 0 Å². The van der Waals surface area contributed by atoms with Crippen molar-refractivity contribution in [2.75, 3.05) is 13.1 Å². The van der Waals surface area contributed by atoms with Crippen molar-refractivity contribution in [1.82, 2.24) is 14.7 Å². The van der Waals surface area contributed by atoms with Crippen LogP contribution < -0.4 is 0 Å². The molecule has 9 heteroatoms. The Morgan fingerprint density at radius 3 is 2.44 bits per heavy atom. The van der Waals surface area contributed by atoms with Gasteiger partial charge >= 0.3 is 5.97 Å². The molecular weight excluding hydrogens is 352 g/mol. The van der Waals surface area contributed by atoms with Crippen LogP contribution in [0.4, 0.5) is 5.69 Å². The second kappa shape index (κ2) is 7.18. The van der Waals surface area contributed by atoms with E-state index >= 15 is 0 Å². The molecule has 1 N–H and O–H groups in total. The maximum atomic E-state index is 12.8. The molecule has 0 radical (unpaired) electrons. The molecule has 2 heterocycles. The molecule has 142 valence electrons. The van der Waals surface area contributed by atoms with Crippen molar-refractivity contribution in [2.24, 2.45) is 0 Å². The van der Waals surface area contributed by atoms with Gasteiger partial charge in [0.2, 0.25) is 0 Å². The number of aromatic nitrogens is 2. The zero-order valence-electron chi connectivity index (χ0n) is 15.1. The highest BCUT2D eigenvalue weighted by Gasteiger charge is 2.28. The number of carboxylic acid groups (broad SMARTS) is 1. The predicted octanol–water partition coefficient (Wildman–Crippen LogP) is 2.58. The normalized spacial score (nSPS) is 15.0. The van der Waals surface area contributed by atoms with Gasteiger partial charge in [0.25, 0.3) is 11.6 Å². The first-order chi connectivity index (χ1) is 12.8. The van der Waals surface area contributed by atoms with Gasteiger partial charge in [-0.05, 0) is 32.8 Å². The monoisotopic (exact) mass is 372 g/mol. The zero-order valence-corrected chi connectivity index (χ0v) is 15.1. The van der Waals surface area contributed by atoms with Crippen molar-refractivity contribution in [2.45, 2.75) is 32.7 Å². The van der Waals surface area contributed by atoms with E-state index in [-0.39, 0.29) is 23.2 Å². The second-order valence-electron chi connectivity index (χ2n) is 6.62. The molecule has 9 nitrogen and oxygen atoms in total. The molecule has 0 aliphatic carbocycles. The van der Waals surface area contributed by atoms with E-state index in [1.807, 2.05) is 0 Å². The van der Waals surface area contributed by atoms with Crippen LogP contribution >= 0.6 is 0 Å². The lowest BCUT2D eigenvalue weighted by Crippen LogP contribution is -2.39. The average Bonchev–Trinajstić information content (AvgIpc) is 3.03. The summed E-state index contributed by atoms with van der Waals surface area (Å²) >= 11 is 0. The molecule has 0 unspecified atom stereocenters. The number of carbonyl (C=O) groups excluding carboxylic acids is 1. The van der Waals surface area contributed by atoms with Gasteiger partial charge in [-0.3, -0.25) is 19.6 Å². The largest absolute Gasteiger partial charge is 0.478 e. The molecule has 1 fully saturated rings. The fourth-order valence-corrected chi connectivity index (χ4v) is 3.54. The van der Waals surface area contributed by atoms with Crippen molar-refractivity contribution in [3.63, 3.8) is 0 Å². The number of hydrogen-bond donors (Lipinski definition) is 1. The number of piperidine rings is 1. The van der Waals surface area contributed by atoms with Crippen LogP contribution in [0, 0.1) is 24.0 Å². The van der Waals surface area contributed by atoms with Crippen molar-refractivity contribution < 1.29 is 19.6 Å². The Kier molecular flexibility index (Phi) is 4.93. The molecule has 3 rings (SSSR count). The SMILES string of the molecule is Cc1c(C(=O)N2CCC(n3ncc(C(=O)O)c3C)CC2)cccc1[N+](=O)[O-]. The lowest BCUT2D eigenvalue weighted by atomic mass is 10.0. The van der Waals surface area contributed by atoms with E-state index in [1.165, 1.54) is 18.3 Å². The van der Waals surface area contributed by atoms with E-state index < -0.39 is 10.9 Å². The second-order valence-corrected chi connectivity index (χ2v) is 6.62. The number of carboxylic acids is 1. The smallest absolute Gasteiger partial charge is 0.339 e. The number of rotatable bonds is 4. The maximum absolute atomic E-state index is 12.8. The number of likely N-dealkylation sites (tertiary alicyclic amines) is 1. The number of amides is 1. The quantitative estimate of drug-likeness (QED) is 0.651. The first-order valence-corrected chi connectivity index (χ1v) is 8.62. The lowest BCUT2D eigenvalue weighted by Gasteiger charge is -2.33. The standard InChI is InChI=1S/C18H20N4O5/c1-11-14(4-3-5-16(11)22(26)27)17(23)20-8-6-13(7-9-20)21-12(2)15(10-19-21)18(24)25/h3-5,10,13H,6-9H2,1-2H3,(H,24,25). The van der Waals surface area contributed by atoms with Crippen molar-refractivity contribution in [3.05, 3.63) is 56.9 Å². The van der Waals surface area contributed by atoms with Crippen LogP contribution in [0.15, 0.2) is 24.4 Å². The van der Waals surface area contributed by atoms with Gasteiger partial charge in [-0.25, -0.2) is 4.79 Å². The fraction of sp³-hybridized carbons (Fsp3) is 0.389. The van der Waals surface area contributed by atoms with Gasteiger partial charge in [0.05, 0.1) is 22.9 Å². The van der Waals surface area contributed by atoms with E-state index in [0.29, 0.717) is 42.8 Å². The maximum Gasteiger partial charge on any atom is 0.339 e. The predicted molar refractivity (Wildman–Crippen MR) is 95.9 cm³/mol. The third-order valence-corrected chi connectivity index (χ3v) is 5.10. The molecule has 0 spiro atoms. The summed E-state index contributed by atoms with van der Waals surface area (Å²) in [5.41, 5.74) is 1.42. The molecule has 1 aliphatic heterocycles. The highest BCUT2D eigenvalue weighted by atomic mass is 16.6. The molecule has 0 bridgehead atoms. The zero-order chi connectivity index (χ0) is 19.7. The van der Waals surface area contributed by atoms with Crippen molar-refractivity contribution >= 4 is 17.6 Å². The Balaban J connectivity index is 1.73. The van der Waals surface area contributed by atoms with Crippen LogP contribution in [0.3, 0.4) is 0 Å². The summed E-state index contributed by atoms with van der Waals surface area (Å²) in [5.74, 6) is -1.23. The van der Waals surface area contributed by atoms with E-state index in [9.17, 15) is 19.7 Å². The van der Waals surface area contributed by atoms with Crippen molar-refractivity contribution in [3.8, 4) is 0 Å². The first-order valence-electron chi connectivity index (χ1n) is 8.62. The van der Waals surface area contributed by atoms with Crippen LogP contribution in [0.2, 0.25) is 0 Å². The van der Waals surface area contributed by atoms with Gasteiger partial charge in [-0.1, -0.05) is 6.07 Å². The Hall–Kier alpha value is -3.23. The number of nitrogens with zero attached hydrogens (tertiary/aromatic N) is 4. The summed E-state index contributed by atoms with van der Waals surface area (Å²) < 4.78 is 1.71. The Morgan fingerprint density at radius 2 is 1.89 bits per heavy atom. The molecule has 1 amide bonds. The van der Waals surface area contributed by atoms with E-state index in [1.54, 1.807) is 29.5 Å². The van der Waals surface area contributed by atoms with Gasteiger partial charge in [-0.15, -0.1) is 0 Å². The summed E-state index contributed by atoms with van der Waals surface area (Å²) in [7, 11) is 0. The number of hydrogen-bond acceptors (Lipinski definition) is 5. The van der Waals surface area contributed by atoms with E-state index in [0.717, 1.165) is 0 Å². The Morgan fingerprint density at radius 1 is 1.22 bits per heavy atom. The lowest BCUT2D eigenvalue weighted by molar-refractivity contribution is -0.385. The summed E-state index contributed by atoms with van der Waals surface area (Å²) in [5, 5.41) is 24.4. The first kappa shape index (κ1) is 18.6. The summed E-state index contributed by atoms with van der Waals surface area (Å²) in [4.78, 5) is 36.2. The Bertz CT molecular complexity index is 912.